The maximum absolute atomic E-state index is 9.38. The Balaban J connectivity index is 2.11. The zero-order chi connectivity index (χ0) is 13.7. The van der Waals surface area contributed by atoms with Crippen molar-refractivity contribution in [2.75, 3.05) is 0 Å². The maximum Gasteiger partial charge on any atom is 0.123 e. The van der Waals surface area contributed by atoms with Crippen molar-refractivity contribution in [3.8, 4) is 6.07 Å². The lowest BCUT2D eigenvalue weighted by Gasteiger charge is -2.21. The minimum atomic E-state index is -0.380. The van der Waals surface area contributed by atoms with Gasteiger partial charge in [0.25, 0.3) is 0 Å². The summed E-state index contributed by atoms with van der Waals surface area (Å²) in [5.41, 5.74) is 0.779. The molecule has 102 valence electrons. The van der Waals surface area contributed by atoms with Gasteiger partial charge < -0.3 is 0 Å². The van der Waals surface area contributed by atoms with Gasteiger partial charge in [0, 0.05) is 11.6 Å². The Bertz CT molecular complexity index is 460. The molecule has 0 aliphatic heterocycles. The van der Waals surface area contributed by atoms with Gasteiger partial charge in [-0.1, -0.05) is 61.0 Å². The van der Waals surface area contributed by atoms with Crippen LogP contribution in [-0.4, -0.2) is 6.04 Å². The van der Waals surface area contributed by atoms with Gasteiger partial charge in [0.05, 0.1) is 16.1 Å². The highest BCUT2D eigenvalue weighted by molar-refractivity contribution is 6.42. The van der Waals surface area contributed by atoms with Gasteiger partial charge in [-0.05, 0) is 18.9 Å². The lowest BCUT2D eigenvalue weighted by Crippen LogP contribution is -2.32. The van der Waals surface area contributed by atoms with E-state index >= 15 is 0 Å². The van der Waals surface area contributed by atoms with Crippen LogP contribution in [0.4, 0.5) is 0 Å². The standard InChI is InChI=1S/C15H18Cl2N2/c16-13-9-5-8-12(15(13)17)14(10-18)19-11-6-3-1-2-4-7-11/h5,8-9,11,14,19H,1-4,6-7H2. The molecule has 0 amide bonds. The van der Waals surface area contributed by atoms with Crippen molar-refractivity contribution in [3.05, 3.63) is 33.8 Å². The van der Waals surface area contributed by atoms with Crippen LogP contribution in [0.1, 0.15) is 50.1 Å². The number of hydrogen-bond acceptors (Lipinski definition) is 2. The summed E-state index contributed by atoms with van der Waals surface area (Å²) in [4.78, 5) is 0. The molecule has 0 spiro atoms. The van der Waals surface area contributed by atoms with Gasteiger partial charge in [0.15, 0.2) is 0 Å². The second kappa shape index (κ2) is 7.14. The van der Waals surface area contributed by atoms with Gasteiger partial charge in [0.2, 0.25) is 0 Å². The zero-order valence-corrected chi connectivity index (χ0v) is 12.3. The van der Waals surface area contributed by atoms with E-state index in [9.17, 15) is 5.26 Å². The average Bonchev–Trinajstić information content (AvgIpc) is 2.68. The lowest BCUT2D eigenvalue weighted by atomic mass is 10.0. The van der Waals surface area contributed by atoms with E-state index in [1.54, 1.807) is 6.07 Å². The fourth-order valence-corrected chi connectivity index (χ4v) is 3.04. The van der Waals surface area contributed by atoms with Crippen molar-refractivity contribution >= 4 is 23.2 Å². The Hall–Kier alpha value is -0.750. The number of hydrogen-bond donors (Lipinski definition) is 1. The van der Waals surface area contributed by atoms with Crippen molar-refractivity contribution in [2.24, 2.45) is 0 Å². The summed E-state index contributed by atoms with van der Waals surface area (Å²) < 4.78 is 0. The molecule has 1 atom stereocenters. The molecule has 0 saturated heterocycles. The molecule has 2 nitrogen and oxygen atoms in total. The van der Waals surface area contributed by atoms with Crippen LogP contribution in [0.5, 0.6) is 0 Å². The lowest BCUT2D eigenvalue weighted by molar-refractivity contribution is 0.437. The second-order valence-corrected chi connectivity index (χ2v) is 5.85. The van der Waals surface area contributed by atoms with Crippen LogP contribution in [0.3, 0.4) is 0 Å². The van der Waals surface area contributed by atoms with Gasteiger partial charge in [-0.3, -0.25) is 5.32 Å². The van der Waals surface area contributed by atoms with Crippen LogP contribution in [0, 0.1) is 11.3 Å². The molecule has 1 saturated carbocycles. The Morgan fingerprint density at radius 1 is 1.16 bits per heavy atom. The molecular formula is C15H18Cl2N2. The average molecular weight is 297 g/mol. The molecule has 1 aromatic rings. The molecule has 0 bridgehead atoms. The highest BCUT2D eigenvalue weighted by Crippen LogP contribution is 2.30. The van der Waals surface area contributed by atoms with Gasteiger partial charge >= 0.3 is 0 Å². The molecule has 4 heteroatoms. The van der Waals surface area contributed by atoms with E-state index in [2.05, 4.69) is 11.4 Å². The first kappa shape index (κ1) is 14.7. The molecule has 0 aromatic heterocycles. The molecule has 1 fully saturated rings. The van der Waals surface area contributed by atoms with E-state index < -0.39 is 0 Å². The summed E-state index contributed by atoms with van der Waals surface area (Å²) in [6.07, 6.45) is 7.34. The molecule has 0 heterocycles. The van der Waals surface area contributed by atoms with Crippen LogP contribution in [0.25, 0.3) is 0 Å². The SMILES string of the molecule is N#CC(NC1CCCCCC1)c1cccc(Cl)c1Cl. The van der Waals surface area contributed by atoms with E-state index in [0.29, 0.717) is 16.1 Å². The van der Waals surface area contributed by atoms with Crippen LogP contribution >= 0.6 is 23.2 Å². The summed E-state index contributed by atoms with van der Waals surface area (Å²) in [5, 5.41) is 13.8. The molecule has 1 unspecified atom stereocenters. The Morgan fingerprint density at radius 2 is 1.84 bits per heavy atom. The van der Waals surface area contributed by atoms with E-state index in [0.717, 1.165) is 18.4 Å². The number of nitrogens with one attached hydrogen (secondary N) is 1. The summed E-state index contributed by atoms with van der Waals surface area (Å²) in [7, 11) is 0. The maximum atomic E-state index is 9.38. The topological polar surface area (TPSA) is 35.8 Å². The van der Waals surface area contributed by atoms with Crippen LogP contribution in [0.15, 0.2) is 18.2 Å². The number of rotatable bonds is 3. The summed E-state index contributed by atoms with van der Waals surface area (Å²) >= 11 is 12.2. The minimum Gasteiger partial charge on any atom is -0.295 e. The van der Waals surface area contributed by atoms with Gasteiger partial charge in [0.1, 0.15) is 6.04 Å². The van der Waals surface area contributed by atoms with E-state index in [-0.39, 0.29) is 6.04 Å². The van der Waals surface area contributed by atoms with Gasteiger partial charge in [-0.25, -0.2) is 0 Å². The van der Waals surface area contributed by atoms with E-state index in [1.165, 1.54) is 25.7 Å². The van der Waals surface area contributed by atoms with Crippen LogP contribution in [0.2, 0.25) is 10.0 Å². The summed E-state index contributed by atoms with van der Waals surface area (Å²) in [5.74, 6) is 0. The highest BCUT2D eigenvalue weighted by atomic mass is 35.5. The number of halogens is 2. The second-order valence-electron chi connectivity index (χ2n) is 5.06. The van der Waals surface area contributed by atoms with E-state index in [4.69, 9.17) is 23.2 Å². The quantitative estimate of drug-likeness (QED) is 0.808. The molecule has 0 radical (unpaired) electrons. The van der Waals surface area contributed by atoms with Crippen molar-refractivity contribution in [2.45, 2.75) is 50.6 Å². The first-order valence-electron chi connectivity index (χ1n) is 6.82. The highest BCUT2D eigenvalue weighted by Gasteiger charge is 2.20. The monoisotopic (exact) mass is 296 g/mol. The van der Waals surface area contributed by atoms with Crippen molar-refractivity contribution in [1.82, 2.24) is 5.32 Å². The van der Waals surface area contributed by atoms with Crippen LogP contribution < -0.4 is 5.32 Å². The first-order valence-corrected chi connectivity index (χ1v) is 7.57. The van der Waals surface area contributed by atoms with Crippen molar-refractivity contribution in [3.63, 3.8) is 0 Å². The molecule has 19 heavy (non-hydrogen) atoms. The fraction of sp³-hybridized carbons (Fsp3) is 0.533. The van der Waals surface area contributed by atoms with E-state index in [1.807, 2.05) is 12.1 Å². The fourth-order valence-electron chi connectivity index (χ4n) is 2.62. The molecule has 1 aliphatic carbocycles. The molecular weight excluding hydrogens is 279 g/mol. The van der Waals surface area contributed by atoms with Gasteiger partial charge in [-0.2, -0.15) is 5.26 Å². The Labute approximate surface area is 124 Å². The zero-order valence-electron chi connectivity index (χ0n) is 10.8. The Kier molecular flexibility index (Phi) is 5.51. The Morgan fingerprint density at radius 3 is 2.47 bits per heavy atom. The third-order valence-corrected chi connectivity index (χ3v) is 4.51. The first-order chi connectivity index (χ1) is 9.22. The normalized spacial score (nSPS) is 18.6. The van der Waals surface area contributed by atoms with Gasteiger partial charge in [-0.15, -0.1) is 0 Å². The number of benzene rings is 1. The third-order valence-electron chi connectivity index (χ3n) is 3.68. The summed E-state index contributed by atoms with van der Waals surface area (Å²) in [6.45, 7) is 0. The number of nitriles is 1. The van der Waals surface area contributed by atoms with Crippen molar-refractivity contribution in [1.29, 1.82) is 5.26 Å². The molecule has 1 N–H and O–H groups in total. The van der Waals surface area contributed by atoms with Crippen LogP contribution in [-0.2, 0) is 0 Å². The third kappa shape index (κ3) is 3.86. The van der Waals surface area contributed by atoms with Crippen molar-refractivity contribution < 1.29 is 0 Å². The summed E-state index contributed by atoms with van der Waals surface area (Å²) in [6, 6.07) is 7.77. The molecule has 1 aliphatic rings. The predicted octanol–water partition coefficient (Wildman–Crippen LogP) is 4.87. The minimum absolute atomic E-state index is 0.380. The molecule has 2 rings (SSSR count). The smallest absolute Gasteiger partial charge is 0.123 e. The largest absolute Gasteiger partial charge is 0.295 e. The predicted molar refractivity (Wildman–Crippen MR) is 79.4 cm³/mol. The molecule has 1 aromatic carbocycles. The number of nitrogens with zero attached hydrogens (tertiary/aromatic N) is 1.